The van der Waals surface area contributed by atoms with Gasteiger partial charge in [-0.1, -0.05) is 49.7 Å². The van der Waals surface area contributed by atoms with Gasteiger partial charge in [0.05, 0.1) is 5.52 Å². The molecule has 7 heteroatoms. The zero-order valence-electron chi connectivity index (χ0n) is 17.6. The largest absolute Gasteiger partial charge is 0.412 e. The lowest BCUT2D eigenvalue weighted by Gasteiger charge is -2.19. The number of pyridine rings is 1. The second-order valence-corrected chi connectivity index (χ2v) is 8.45. The molecule has 4 rings (SSSR count). The SMILES string of the molecule is CCC(O)(CC)c1nnc(Sc2ccc3c(-c4cccc(C)c4)cc(C#N)nc3c2)o1. The average Bonchev–Trinajstić information content (AvgIpc) is 3.26. The Hall–Kier alpha value is -3.21. The van der Waals surface area contributed by atoms with Gasteiger partial charge in [0, 0.05) is 10.3 Å². The van der Waals surface area contributed by atoms with Crippen molar-refractivity contribution in [2.24, 2.45) is 0 Å². The summed E-state index contributed by atoms with van der Waals surface area (Å²) in [5.74, 6) is 0.229. The Morgan fingerprint density at radius 3 is 2.61 bits per heavy atom. The van der Waals surface area contributed by atoms with Gasteiger partial charge >= 0.3 is 0 Å². The summed E-state index contributed by atoms with van der Waals surface area (Å²) in [6, 6.07) is 18.0. The van der Waals surface area contributed by atoms with Crippen LogP contribution < -0.4 is 0 Å². The van der Waals surface area contributed by atoms with Gasteiger partial charge in [-0.15, -0.1) is 10.2 Å². The Morgan fingerprint density at radius 2 is 1.90 bits per heavy atom. The minimum absolute atomic E-state index is 0.229. The van der Waals surface area contributed by atoms with Crippen LogP contribution in [0.15, 0.2) is 63.1 Å². The van der Waals surface area contributed by atoms with Crippen LogP contribution in [0, 0.1) is 18.3 Å². The van der Waals surface area contributed by atoms with Gasteiger partial charge in [0.1, 0.15) is 17.4 Å². The van der Waals surface area contributed by atoms with Crippen LogP contribution in [0.3, 0.4) is 0 Å². The molecule has 156 valence electrons. The summed E-state index contributed by atoms with van der Waals surface area (Å²) in [7, 11) is 0. The first-order valence-electron chi connectivity index (χ1n) is 10.1. The molecule has 6 nitrogen and oxygen atoms in total. The molecule has 0 radical (unpaired) electrons. The number of rotatable bonds is 6. The van der Waals surface area contributed by atoms with Crippen molar-refractivity contribution in [3.63, 3.8) is 0 Å². The third kappa shape index (κ3) is 4.18. The van der Waals surface area contributed by atoms with E-state index in [2.05, 4.69) is 27.3 Å². The number of aromatic nitrogens is 3. The fourth-order valence-electron chi connectivity index (χ4n) is 3.47. The Balaban J connectivity index is 1.72. The third-order valence-corrected chi connectivity index (χ3v) is 6.23. The zero-order valence-corrected chi connectivity index (χ0v) is 18.4. The number of nitriles is 1. The van der Waals surface area contributed by atoms with Crippen molar-refractivity contribution in [2.45, 2.75) is 49.3 Å². The van der Waals surface area contributed by atoms with Crippen LogP contribution in [0.4, 0.5) is 0 Å². The molecule has 0 fully saturated rings. The number of hydrogen-bond acceptors (Lipinski definition) is 7. The van der Waals surface area contributed by atoms with Gasteiger partial charge in [0.2, 0.25) is 5.89 Å². The van der Waals surface area contributed by atoms with E-state index in [-0.39, 0.29) is 5.89 Å². The number of aryl methyl sites for hydroxylation is 1. The molecule has 1 N–H and O–H groups in total. The Morgan fingerprint density at radius 1 is 1.10 bits per heavy atom. The normalized spacial score (nSPS) is 11.6. The van der Waals surface area contributed by atoms with Crippen molar-refractivity contribution in [3.05, 3.63) is 65.7 Å². The molecule has 0 aliphatic heterocycles. The van der Waals surface area contributed by atoms with Gasteiger partial charge in [0.15, 0.2) is 0 Å². The van der Waals surface area contributed by atoms with Crippen LogP contribution >= 0.6 is 11.8 Å². The quantitative estimate of drug-likeness (QED) is 0.424. The first kappa shape index (κ1) is 21.0. The van der Waals surface area contributed by atoms with Crippen LogP contribution in [0.5, 0.6) is 0 Å². The molecule has 2 aromatic carbocycles. The summed E-state index contributed by atoms with van der Waals surface area (Å²) in [4.78, 5) is 5.35. The molecule has 2 heterocycles. The fraction of sp³-hybridized carbons (Fsp3) is 0.250. The van der Waals surface area contributed by atoms with E-state index in [1.807, 2.05) is 63.2 Å². The number of aliphatic hydroxyl groups is 1. The Bertz CT molecular complexity index is 1290. The molecule has 0 atom stereocenters. The highest BCUT2D eigenvalue weighted by Gasteiger charge is 2.31. The fourth-order valence-corrected chi connectivity index (χ4v) is 4.18. The highest BCUT2D eigenvalue weighted by Crippen LogP contribution is 2.35. The van der Waals surface area contributed by atoms with Crippen molar-refractivity contribution >= 4 is 22.7 Å². The van der Waals surface area contributed by atoms with Gasteiger partial charge < -0.3 is 9.52 Å². The summed E-state index contributed by atoms with van der Waals surface area (Å²) in [6.07, 6.45) is 0.989. The maximum absolute atomic E-state index is 10.6. The van der Waals surface area contributed by atoms with Crippen molar-refractivity contribution in [2.75, 3.05) is 0 Å². The summed E-state index contributed by atoms with van der Waals surface area (Å²) in [5, 5.41) is 29.5. The number of nitrogens with zero attached hydrogens (tertiary/aromatic N) is 4. The number of fused-ring (bicyclic) bond motifs is 1. The Kier molecular flexibility index (Phi) is 5.77. The second kappa shape index (κ2) is 8.50. The standard InChI is InChI=1S/C24H22N4O2S/c1-4-24(29,5-2)22-27-28-23(30-22)31-18-9-10-19-20(16-8-6-7-15(3)11-16)12-17(14-25)26-21(19)13-18/h6-13,29H,4-5H2,1-3H3. The summed E-state index contributed by atoms with van der Waals surface area (Å²) in [6.45, 7) is 5.81. The van der Waals surface area contributed by atoms with Crippen LogP contribution in [0.2, 0.25) is 0 Å². The monoisotopic (exact) mass is 430 g/mol. The minimum Gasteiger partial charge on any atom is -0.412 e. The van der Waals surface area contributed by atoms with E-state index in [0.29, 0.717) is 23.8 Å². The maximum atomic E-state index is 10.6. The molecule has 4 aromatic rings. The molecule has 0 unspecified atom stereocenters. The zero-order chi connectivity index (χ0) is 22.0. The van der Waals surface area contributed by atoms with E-state index in [9.17, 15) is 10.4 Å². The molecule has 0 bridgehead atoms. The molecule has 31 heavy (non-hydrogen) atoms. The molecule has 0 amide bonds. The van der Waals surface area contributed by atoms with Gasteiger partial charge in [-0.2, -0.15) is 5.26 Å². The topological polar surface area (TPSA) is 95.8 Å². The Labute approximate surface area is 185 Å². The lowest BCUT2D eigenvalue weighted by atomic mass is 9.98. The van der Waals surface area contributed by atoms with Gasteiger partial charge in [-0.05, 0) is 60.9 Å². The van der Waals surface area contributed by atoms with Crippen LogP contribution in [0.25, 0.3) is 22.0 Å². The highest BCUT2D eigenvalue weighted by atomic mass is 32.2. The molecule has 0 saturated carbocycles. The van der Waals surface area contributed by atoms with Gasteiger partial charge in [-0.3, -0.25) is 0 Å². The van der Waals surface area contributed by atoms with E-state index in [1.54, 1.807) is 0 Å². The molecule has 0 aliphatic rings. The first-order valence-corrected chi connectivity index (χ1v) is 10.9. The van der Waals surface area contributed by atoms with Crippen LogP contribution in [-0.4, -0.2) is 20.3 Å². The van der Waals surface area contributed by atoms with E-state index >= 15 is 0 Å². The first-order chi connectivity index (χ1) is 15.0. The second-order valence-electron chi connectivity index (χ2n) is 7.43. The van der Waals surface area contributed by atoms with Crippen LogP contribution in [0.1, 0.15) is 43.8 Å². The summed E-state index contributed by atoms with van der Waals surface area (Å²) < 4.78 is 5.72. The maximum Gasteiger partial charge on any atom is 0.281 e. The van der Waals surface area contributed by atoms with Crippen molar-refractivity contribution in [1.82, 2.24) is 15.2 Å². The molecular formula is C24H22N4O2S. The predicted octanol–water partition coefficient (Wildman–Crippen LogP) is 5.62. The molecule has 2 aromatic heterocycles. The summed E-state index contributed by atoms with van der Waals surface area (Å²) >= 11 is 1.30. The predicted molar refractivity (Wildman–Crippen MR) is 120 cm³/mol. The van der Waals surface area contributed by atoms with Crippen molar-refractivity contribution in [3.8, 4) is 17.2 Å². The smallest absolute Gasteiger partial charge is 0.281 e. The number of benzene rings is 2. The van der Waals surface area contributed by atoms with Gasteiger partial charge in [-0.25, -0.2) is 4.98 Å². The lowest BCUT2D eigenvalue weighted by Crippen LogP contribution is -2.23. The van der Waals surface area contributed by atoms with Crippen LogP contribution in [-0.2, 0) is 5.60 Å². The molecular weight excluding hydrogens is 408 g/mol. The highest BCUT2D eigenvalue weighted by molar-refractivity contribution is 7.99. The van der Waals surface area contributed by atoms with Crippen molar-refractivity contribution in [1.29, 1.82) is 5.26 Å². The molecule has 0 aliphatic carbocycles. The summed E-state index contributed by atoms with van der Waals surface area (Å²) in [5.41, 5.74) is 3.14. The number of hydrogen-bond donors (Lipinski definition) is 1. The molecule has 0 spiro atoms. The van der Waals surface area contributed by atoms with Crippen molar-refractivity contribution < 1.29 is 9.52 Å². The third-order valence-electron chi connectivity index (χ3n) is 5.40. The van der Waals surface area contributed by atoms with E-state index < -0.39 is 5.60 Å². The van der Waals surface area contributed by atoms with E-state index in [4.69, 9.17) is 4.42 Å². The van der Waals surface area contributed by atoms with E-state index in [0.717, 1.165) is 32.5 Å². The molecule has 0 saturated heterocycles. The average molecular weight is 431 g/mol. The van der Waals surface area contributed by atoms with Gasteiger partial charge in [0.25, 0.3) is 5.22 Å². The minimum atomic E-state index is -1.11. The lowest BCUT2D eigenvalue weighted by molar-refractivity contribution is -0.00117. The van der Waals surface area contributed by atoms with E-state index in [1.165, 1.54) is 11.8 Å².